The van der Waals surface area contributed by atoms with Crippen molar-refractivity contribution < 1.29 is 48.6 Å². The summed E-state index contributed by atoms with van der Waals surface area (Å²) in [5.41, 5.74) is -0.651. The van der Waals surface area contributed by atoms with Crippen LogP contribution in [0.25, 0.3) is 0 Å². The van der Waals surface area contributed by atoms with Gasteiger partial charge in [0, 0.05) is 0 Å². The molecular formula is C15H10F7NO4S. The van der Waals surface area contributed by atoms with Crippen LogP contribution in [0.15, 0.2) is 29.2 Å². The Morgan fingerprint density at radius 1 is 0.964 bits per heavy atom. The summed E-state index contributed by atoms with van der Waals surface area (Å²) in [5.74, 6) is -10.9. The topological polar surface area (TPSA) is 64.6 Å². The Bertz CT molecular complexity index is 964. The average Bonchev–Trinajstić information content (AvgIpc) is 2.59. The van der Waals surface area contributed by atoms with Gasteiger partial charge in [0.1, 0.15) is 5.75 Å². The molecule has 0 saturated carbocycles. The van der Waals surface area contributed by atoms with E-state index in [0.29, 0.717) is 7.11 Å². The van der Waals surface area contributed by atoms with Gasteiger partial charge < -0.3 is 9.47 Å². The molecule has 0 aliphatic carbocycles. The maximum atomic E-state index is 14.0. The molecule has 0 bridgehead atoms. The number of methoxy groups -OCH3 is 1. The molecule has 28 heavy (non-hydrogen) atoms. The SMILES string of the molecule is COc1c(F)c(F)c(S(=O)(=O)Nc2ccccc2OCC(F)(F)F)c(F)c1F. The van der Waals surface area contributed by atoms with E-state index in [1.165, 1.54) is 16.9 Å². The van der Waals surface area contributed by atoms with Crippen molar-refractivity contribution in [2.24, 2.45) is 0 Å². The number of halogens is 7. The van der Waals surface area contributed by atoms with Gasteiger partial charge in [-0.2, -0.15) is 22.0 Å². The second-order valence-corrected chi connectivity index (χ2v) is 6.74. The monoisotopic (exact) mass is 433 g/mol. The second kappa shape index (κ2) is 7.73. The van der Waals surface area contributed by atoms with E-state index in [-0.39, 0.29) is 0 Å². The zero-order valence-electron chi connectivity index (χ0n) is 13.7. The number of anilines is 1. The van der Waals surface area contributed by atoms with Gasteiger partial charge in [0.25, 0.3) is 10.0 Å². The van der Waals surface area contributed by atoms with Gasteiger partial charge in [-0.3, -0.25) is 4.72 Å². The minimum Gasteiger partial charge on any atom is -0.491 e. The minimum atomic E-state index is -5.32. The van der Waals surface area contributed by atoms with Gasteiger partial charge in [0.15, 0.2) is 28.9 Å². The van der Waals surface area contributed by atoms with E-state index in [9.17, 15) is 39.2 Å². The van der Waals surface area contributed by atoms with Crippen molar-refractivity contribution in [3.63, 3.8) is 0 Å². The van der Waals surface area contributed by atoms with Gasteiger partial charge in [-0.15, -0.1) is 0 Å². The molecule has 0 atom stereocenters. The van der Waals surface area contributed by atoms with Crippen LogP contribution >= 0.6 is 0 Å². The summed E-state index contributed by atoms with van der Waals surface area (Å²) in [7, 11) is -4.62. The number of alkyl halides is 3. The first-order valence-corrected chi connectivity index (χ1v) is 8.58. The largest absolute Gasteiger partial charge is 0.491 e. The highest BCUT2D eigenvalue weighted by atomic mass is 32.2. The van der Waals surface area contributed by atoms with E-state index in [1.54, 1.807) is 0 Å². The molecule has 2 rings (SSSR count). The standard InChI is InChI=1S/C15H10F7NO4S/c1-26-13-9(16)11(18)14(12(19)10(13)17)28(24,25)23-7-4-2-3-5-8(7)27-6-15(20,21)22/h2-5,23H,6H2,1H3. The predicted molar refractivity (Wildman–Crippen MR) is 81.6 cm³/mol. The number of benzene rings is 2. The van der Waals surface area contributed by atoms with Gasteiger partial charge in [-0.25, -0.2) is 17.2 Å². The normalized spacial score (nSPS) is 12.0. The first-order valence-electron chi connectivity index (χ1n) is 7.10. The molecule has 0 spiro atoms. The predicted octanol–water partition coefficient (Wildman–Crippen LogP) is 3.99. The van der Waals surface area contributed by atoms with Crippen LogP contribution in [-0.4, -0.2) is 28.3 Å². The van der Waals surface area contributed by atoms with E-state index < -0.39 is 68.2 Å². The van der Waals surface area contributed by atoms with Gasteiger partial charge >= 0.3 is 6.18 Å². The number of nitrogens with one attached hydrogen (secondary N) is 1. The van der Waals surface area contributed by atoms with Crippen LogP contribution in [0.5, 0.6) is 11.5 Å². The minimum absolute atomic E-state index is 0.640. The molecule has 0 aromatic heterocycles. The molecule has 1 N–H and O–H groups in total. The van der Waals surface area contributed by atoms with Gasteiger partial charge in [0.05, 0.1) is 12.8 Å². The fourth-order valence-corrected chi connectivity index (χ4v) is 3.25. The summed E-state index contributed by atoms with van der Waals surface area (Å²) in [5, 5.41) is 0. The maximum Gasteiger partial charge on any atom is 0.422 e. The molecule has 2 aromatic rings. The Labute approximate surface area is 153 Å². The summed E-state index contributed by atoms with van der Waals surface area (Å²) in [4.78, 5) is -2.02. The molecule has 5 nitrogen and oxygen atoms in total. The molecule has 0 aliphatic heterocycles. The Kier molecular flexibility index (Phi) is 5.97. The fraction of sp³-hybridized carbons (Fsp3) is 0.200. The van der Waals surface area contributed by atoms with E-state index in [2.05, 4.69) is 9.47 Å². The number of ether oxygens (including phenoxy) is 2. The van der Waals surface area contributed by atoms with Crippen molar-refractivity contribution in [3.8, 4) is 11.5 Å². The lowest BCUT2D eigenvalue weighted by atomic mass is 10.3. The van der Waals surface area contributed by atoms with Gasteiger partial charge in [0.2, 0.25) is 11.6 Å². The quantitative estimate of drug-likeness (QED) is 0.553. The zero-order valence-corrected chi connectivity index (χ0v) is 14.5. The van der Waals surface area contributed by atoms with E-state index >= 15 is 0 Å². The van der Waals surface area contributed by atoms with Crippen molar-refractivity contribution in [1.29, 1.82) is 0 Å². The van der Waals surface area contributed by atoms with Crippen LogP contribution in [0.1, 0.15) is 0 Å². The van der Waals surface area contributed by atoms with Gasteiger partial charge in [-0.1, -0.05) is 12.1 Å². The molecular weight excluding hydrogens is 423 g/mol. The molecule has 13 heteroatoms. The number of hydrogen-bond donors (Lipinski definition) is 1. The summed E-state index contributed by atoms with van der Waals surface area (Å²) < 4.78 is 127. The van der Waals surface area contributed by atoms with Crippen molar-refractivity contribution in [2.45, 2.75) is 11.1 Å². The highest BCUT2D eigenvalue weighted by molar-refractivity contribution is 7.92. The Balaban J connectivity index is 2.49. The first kappa shape index (κ1) is 21.6. The highest BCUT2D eigenvalue weighted by Crippen LogP contribution is 2.34. The van der Waals surface area contributed by atoms with E-state index in [4.69, 9.17) is 0 Å². The molecule has 0 aliphatic rings. The maximum absolute atomic E-state index is 14.0. The number of hydrogen-bond acceptors (Lipinski definition) is 4. The molecule has 0 heterocycles. The van der Waals surface area contributed by atoms with Crippen LogP contribution in [-0.2, 0) is 10.0 Å². The summed E-state index contributed by atoms with van der Waals surface area (Å²) in [6, 6.07) is 4.21. The molecule has 0 radical (unpaired) electrons. The van der Waals surface area contributed by atoms with Crippen molar-refractivity contribution in [3.05, 3.63) is 47.5 Å². The first-order chi connectivity index (χ1) is 12.9. The van der Waals surface area contributed by atoms with E-state index in [0.717, 1.165) is 12.1 Å². The number of sulfonamides is 1. The molecule has 154 valence electrons. The summed E-state index contributed by atoms with van der Waals surface area (Å²) in [6.45, 7) is -1.79. The van der Waals surface area contributed by atoms with Crippen molar-refractivity contribution in [1.82, 2.24) is 0 Å². The smallest absolute Gasteiger partial charge is 0.422 e. The number of para-hydroxylation sites is 2. The van der Waals surface area contributed by atoms with Crippen LogP contribution in [0, 0.1) is 23.3 Å². The molecule has 2 aromatic carbocycles. The third kappa shape index (κ3) is 4.40. The van der Waals surface area contributed by atoms with Crippen LogP contribution < -0.4 is 14.2 Å². The average molecular weight is 433 g/mol. The molecule has 0 saturated heterocycles. The summed E-state index contributed by atoms with van der Waals surface area (Å²) >= 11 is 0. The molecule has 0 unspecified atom stereocenters. The second-order valence-electron chi connectivity index (χ2n) is 5.12. The fourth-order valence-electron chi connectivity index (χ4n) is 2.04. The van der Waals surface area contributed by atoms with Gasteiger partial charge in [-0.05, 0) is 12.1 Å². The summed E-state index contributed by atoms with van der Waals surface area (Å²) in [6.07, 6.45) is -4.76. The zero-order chi connectivity index (χ0) is 21.3. The third-order valence-electron chi connectivity index (χ3n) is 3.18. The van der Waals surface area contributed by atoms with Crippen LogP contribution in [0.2, 0.25) is 0 Å². The molecule has 0 amide bonds. The van der Waals surface area contributed by atoms with Crippen molar-refractivity contribution >= 4 is 15.7 Å². The molecule has 0 fully saturated rings. The Morgan fingerprint density at radius 3 is 2.00 bits per heavy atom. The Hall–Kier alpha value is -2.70. The lowest BCUT2D eigenvalue weighted by Crippen LogP contribution is -2.21. The Morgan fingerprint density at radius 2 is 1.50 bits per heavy atom. The number of rotatable bonds is 6. The van der Waals surface area contributed by atoms with Crippen LogP contribution in [0.4, 0.5) is 36.4 Å². The van der Waals surface area contributed by atoms with E-state index in [1.807, 2.05) is 0 Å². The highest BCUT2D eigenvalue weighted by Gasteiger charge is 2.34. The lowest BCUT2D eigenvalue weighted by Gasteiger charge is -2.16. The third-order valence-corrected chi connectivity index (χ3v) is 4.56. The van der Waals surface area contributed by atoms with Crippen molar-refractivity contribution in [2.75, 3.05) is 18.4 Å². The lowest BCUT2D eigenvalue weighted by molar-refractivity contribution is -0.153. The van der Waals surface area contributed by atoms with Crippen LogP contribution in [0.3, 0.4) is 0 Å².